The molecule has 0 atom stereocenters. The highest BCUT2D eigenvalue weighted by Crippen LogP contribution is 2.29. The minimum atomic E-state index is -1.00. The van der Waals surface area contributed by atoms with Crippen molar-refractivity contribution in [2.24, 2.45) is 0 Å². The zero-order chi connectivity index (χ0) is 19.0. The average molecular weight is 383 g/mol. The molecule has 0 bridgehead atoms. The van der Waals surface area contributed by atoms with Crippen LogP contribution in [0.3, 0.4) is 0 Å². The number of amides is 1. The predicted molar refractivity (Wildman–Crippen MR) is 102 cm³/mol. The number of aromatic nitrogens is 2. The monoisotopic (exact) mass is 383 g/mol. The number of fused-ring (bicyclic) bond motifs is 1. The lowest BCUT2D eigenvalue weighted by Crippen LogP contribution is -2.10. The molecule has 0 fully saturated rings. The SMILES string of the molecule is Cc1nn(Cc2ccccc2)c2sc(C(=O)Nc3ccc(F)c(F)c3)cc12. The summed E-state index contributed by atoms with van der Waals surface area (Å²) in [7, 11) is 0. The Labute approximate surface area is 158 Å². The van der Waals surface area contributed by atoms with Gasteiger partial charge in [0.05, 0.1) is 17.1 Å². The summed E-state index contributed by atoms with van der Waals surface area (Å²) < 4.78 is 28.2. The number of thiophene rings is 1. The molecule has 0 saturated carbocycles. The average Bonchev–Trinajstić information content (AvgIpc) is 3.21. The van der Waals surface area contributed by atoms with Crippen molar-refractivity contribution < 1.29 is 13.6 Å². The molecule has 27 heavy (non-hydrogen) atoms. The first-order valence-electron chi connectivity index (χ1n) is 8.28. The van der Waals surface area contributed by atoms with E-state index < -0.39 is 11.6 Å². The van der Waals surface area contributed by atoms with Crippen LogP contribution < -0.4 is 5.32 Å². The predicted octanol–water partition coefficient (Wildman–Crippen LogP) is 4.99. The maximum absolute atomic E-state index is 13.3. The normalized spacial score (nSPS) is 11.1. The number of rotatable bonds is 4. The van der Waals surface area contributed by atoms with Crippen LogP contribution in [-0.4, -0.2) is 15.7 Å². The smallest absolute Gasteiger partial charge is 0.265 e. The van der Waals surface area contributed by atoms with Gasteiger partial charge in [-0.2, -0.15) is 5.10 Å². The van der Waals surface area contributed by atoms with Gasteiger partial charge in [0.15, 0.2) is 11.6 Å². The summed E-state index contributed by atoms with van der Waals surface area (Å²) in [6.07, 6.45) is 0. The Balaban J connectivity index is 1.62. The van der Waals surface area contributed by atoms with Crippen LogP contribution in [0.4, 0.5) is 14.5 Å². The van der Waals surface area contributed by atoms with Crippen molar-refractivity contribution in [3.8, 4) is 0 Å². The number of anilines is 1. The molecule has 4 rings (SSSR count). The first-order chi connectivity index (χ1) is 13.0. The second-order valence-corrected chi connectivity index (χ2v) is 7.17. The summed E-state index contributed by atoms with van der Waals surface area (Å²) in [6, 6.07) is 15.0. The van der Waals surface area contributed by atoms with Gasteiger partial charge in [-0.3, -0.25) is 9.48 Å². The Kier molecular flexibility index (Phi) is 4.45. The van der Waals surface area contributed by atoms with Crippen LogP contribution in [0.25, 0.3) is 10.2 Å². The molecular weight excluding hydrogens is 368 g/mol. The molecule has 1 amide bonds. The maximum Gasteiger partial charge on any atom is 0.265 e. The van der Waals surface area contributed by atoms with Crippen LogP contribution >= 0.6 is 11.3 Å². The van der Waals surface area contributed by atoms with Gasteiger partial charge in [-0.25, -0.2) is 8.78 Å². The third kappa shape index (κ3) is 3.46. The van der Waals surface area contributed by atoms with E-state index in [1.807, 2.05) is 41.9 Å². The second kappa shape index (κ2) is 6.92. The molecule has 0 aliphatic heterocycles. The molecule has 4 aromatic rings. The van der Waals surface area contributed by atoms with E-state index in [1.165, 1.54) is 17.4 Å². The van der Waals surface area contributed by atoms with Crippen molar-refractivity contribution >= 4 is 33.1 Å². The summed E-state index contributed by atoms with van der Waals surface area (Å²) in [5.41, 5.74) is 2.16. The molecule has 2 heterocycles. The first kappa shape index (κ1) is 17.4. The van der Waals surface area contributed by atoms with Gasteiger partial charge in [-0.1, -0.05) is 30.3 Å². The molecule has 4 nitrogen and oxygen atoms in total. The maximum atomic E-state index is 13.3. The van der Waals surface area contributed by atoms with Crippen LogP contribution in [0.2, 0.25) is 0 Å². The van der Waals surface area contributed by atoms with Gasteiger partial charge in [0.25, 0.3) is 5.91 Å². The van der Waals surface area contributed by atoms with Crippen LogP contribution in [0, 0.1) is 18.6 Å². The first-order valence-corrected chi connectivity index (χ1v) is 9.10. The van der Waals surface area contributed by atoms with Crippen molar-refractivity contribution in [2.45, 2.75) is 13.5 Å². The number of hydrogen-bond acceptors (Lipinski definition) is 3. The number of carbonyl (C=O) groups excluding carboxylic acids is 1. The number of nitrogens with zero attached hydrogens (tertiary/aromatic N) is 2. The summed E-state index contributed by atoms with van der Waals surface area (Å²) in [6.45, 7) is 2.50. The molecular formula is C20H15F2N3OS. The number of aryl methyl sites for hydroxylation is 1. The van der Waals surface area contributed by atoms with E-state index in [4.69, 9.17) is 0 Å². The molecule has 1 N–H and O–H groups in total. The van der Waals surface area contributed by atoms with E-state index in [-0.39, 0.29) is 11.6 Å². The molecule has 0 aliphatic carbocycles. The van der Waals surface area contributed by atoms with Gasteiger partial charge in [0, 0.05) is 17.1 Å². The molecule has 2 aromatic carbocycles. The fourth-order valence-corrected chi connectivity index (χ4v) is 3.91. The van der Waals surface area contributed by atoms with Gasteiger partial charge in [-0.15, -0.1) is 11.3 Å². The molecule has 0 unspecified atom stereocenters. The summed E-state index contributed by atoms with van der Waals surface area (Å²) in [5, 5.41) is 8.06. The van der Waals surface area contributed by atoms with E-state index in [1.54, 1.807) is 6.07 Å². The van der Waals surface area contributed by atoms with E-state index in [0.717, 1.165) is 33.6 Å². The topological polar surface area (TPSA) is 46.9 Å². The van der Waals surface area contributed by atoms with Gasteiger partial charge >= 0.3 is 0 Å². The van der Waals surface area contributed by atoms with Crippen molar-refractivity contribution in [2.75, 3.05) is 5.32 Å². The lowest BCUT2D eigenvalue weighted by molar-refractivity contribution is 0.103. The molecule has 136 valence electrons. The van der Waals surface area contributed by atoms with Crippen molar-refractivity contribution in [1.82, 2.24) is 9.78 Å². The number of nitrogens with one attached hydrogen (secondary N) is 1. The van der Waals surface area contributed by atoms with Gasteiger partial charge in [-0.05, 0) is 30.7 Å². The van der Waals surface area contributed by atoms with E-state index >= 15 is 0 Å². The highest BCUT2D eigenvalue weighted by atomic mass is 32.1. The minimum absolute atomic E-state index is 0.207. The van der Waals surface area contributed by atoms with E-state index in [9.17, 15) is 13.6 Å². The number of halogens is 2. The summed E-state index contributed by atoms with van der Waals surface area (Å²) in [4.78, 5) is 13.9. The summed E-state index contributed by atoms with van der Waals surface area (Å²) >= 11 is 1.32. The van der Waals surface area contributed by atoms with Crippen molar-refractivity contribution in [1.29, 1.82) is 0 Å². The fraction of sp³-hybridized carbons (Fsp3) is 0.100. The third-order valence-electron chi connectivity index (χ3n) is 4.18. The summed E-state index contributed by atoms with van der Waals surface area (Å²) in [5.74, 6) is -2.32. The Morgan fingerprint density at radius 2 is 1.89 bits per heavy atom. The molecule has 0 spiro atoms. The van der Waals surface area contributed by atoms with Crippen LogP contribution in [0.1, 0.15) is 20.9 Å². The third-order valence-corrected chi connectivity index (χ3v) is 5.33. The Morgan fingerprint density at radius 1 is 1.11 bits per heavy atom. The fourth-order valence-electron chi connectivity index (χ4n) is 2.85. The van der Waals surface area contributed by atoms with Gasteiger partial charge < -0.3 is 5.32 Å². The van der Waals surface area contributed by atoms with Crippen LogP contribution in [0.15, 0.2) is 54.6 Å². The van der Waals surface area contributed by atoms with Gasteiger partial charge in [0.1, 0.15) is 4.83 Å². The standard InChI is InChI=1S/C20H15F2N3OS/c1-12-15-10-18(19(26)23-14-7-8-16(21)17(22)9-14)27-20(15)25(24-12)11-13-5-3-2-4-6-13/h2-10H,11H2,1H3,(H,23,26). The highest BCUT2D eigenvalue weighted by Gasteiger charge is 2.17. The second-order valence-electron chi connectivity index (χ2n) is 6.14. The molecule has 0 aliphatic rings. The van der Waals surface area contributed by atoms with Gasteiger partial charge in [0.2, 0.25) is 0 Å². The minimum Gasteiger partial charge on any atom is -0.321 e. The van der Waals surface area contributed by atoms with Crippen LogP contribution in [-0.2, 0) is 6.54 Å². The number of carbonyl (C=O) groups is 1. The highest BCUT2D eigenvalue weighted by molar-refractivity contribution is 7.20. The molecule has 7 heteroatoms. The lowest BCUT2D eigenvalue weighted by atomic mass is 10.2. The molecule has 0 radical (unpaired) electrons. The Morgan fingerprint density at radius 3 is 2.63 bits per heavy atom. The largest absolute Gasteiger partial charge is 0.321 e. The van der Waals surface area contributed by atoms with E-state index in [2.05, 4.69) is 10.4 Å². The zero-order valence-corrected chi connectivity index (χ0v) is 15.2. The lowest BCUT2D eigenvalue weighted by Gasteiger charge is -2.04. The number of hydrogen-bond donors (Lipinski definition) is 1. The zero-order valence-electron chi connectivity index (χ0n) is 14.4. The van der Waals surface area contributed by atoms with E-state index in [0.29, 0.717) is 11.4 Å². The van der Waals surface area contributed by atoms with Crippen molar-refractivity contribution in [3.63, 3.8) is 0 Å². The molecule has 0 saturated heterocycles. The Hall–Kier alpha value is -3.06. The van der Waals surface area contributed by atoms with Crippen LogP contribution in [0.5, 0.6) is 0 Å². The Bertz CT molecular complexity index is 1140. The quantitative estimate of drug-likeness (QED) is 0.540. The molecule has 2 aromatic heterocycles. The van der Waals surface area contributed by atoms with Crippen molar-refractivity contribution in [3.05, 3.63) is 82.4 Å². The number of benzene rings is 2.